The molecule has 4 heterocycles. The van der Waals surface area contributed by atoms with Gasteiger partial charge in [0.25, 0.3) is 0 Å². The molecule has 9 nitrogen and oxygen atoms in total. The monoisotopic (exact) mass is 446 g/mol. The highest BCUT2D eigenvalue weighted by molar-refractivity contribution is 5.80. The molecule has 0 aromatic carbocycles. The van der Waals surface area contributed by atoms with Crippen molar-refractivity contribution in [2.24, 2.45) is 18.0 Å². The molecule has 32 heavy (non-hydrogen) atoms. The zero-order valence-corrected chi connectivity index (χ0v) is 20.2. The Balaban J connectivity index is 1.32. The summed E-state index contributed by atoms with van der Waals surface area (Å²) in [5.41, 5.74) is 0. The number of hydrogen-bond acceptors (Lipinski definition) is 6. The highest BCUT2D eigenvalue weighted by atomic mass is 16.5. The molecule has 2 atom stereocenters. The van der Waals surface area contributed by atoms with Crippen LogP contribution in [0.1, 0.15) is 50.7 Å². The third kappa shape index (κ3) is 6.20. The van der Waals surface area contributed by atoms with Gasteiger partial charge >= 0.3 is 0 Å². The minimum Gasteiger partial charge on any atom is -0.381 e. The topological polar surface area (TPSA) is 82.8 Å². The summed E-state index contributed by atoms with van der Waals surface area (Å²) in [4.78, 5) is 10.1. The van der Waals surface area contributed by atoms with E-state index in [0.29, 0.717) is 18.6 Å². The van der Waals surface area contributed by atoms with Crippen LogP contribution >= 0.6 is 0 Å². The molecule has 0 spiro atoms. The number of aromatic nitrogens is 3. The van der Waals surface area contributed by atoms with E-state index >= 15 is 0 Å². The first kappa shape index (κ1) is 23.4. The average molecular weight is 447 g/mol. The molecule has 9 heteroatoms. The number of rotatable bonds is 8. The second-order valence-electron chi connectivity index (χ2n) is 9.64. The number of guanidine groups is 1. The lowest BCUT2D eigenvalue weighted by Crippen LogP contribution is -2.51. The standard InChI is InChI=1S/C23H42N8O/c1-4-31-10-5-6-21(31)14-24-23(25-15-22-28-27-18(2)29(22)3)26-20-7-11-30(12-8-20)16-19-9-13-32-17-19/h19-21H,4-17H2,1-3H3,(H2,24,25,26). The molecule has 180 valence electrons. The Morgan fingerprint density at radius 1 is 1.16 bits per heavy atom. The van der Waals surface area contributed by atoms with E-state index in [0.717, 1.165) is 75.8 Å². The maximum atomic E-state index is 5.55. The molecule has 0 radical (unpaired) electrons. The molecular weight excluding hydrogens is 404 g/mol. The van der Waals surface area contributed by atoms with E-state index in [9.17, 15) is 0 Å². The van der Waals surface area contributed by atoms with Gasteiger partial charge in [-0.05, 0) is 58.0 Å². The summed E-state index contributed by atoms with van der Waals surface area (Å²) in [6.45, 7) is 13.4. The fourth-order valence-corrected chi connectivity index (χ4v) is 5.19. The second kappa shape index (κ2) is 11.4. The fourth-order valence-electron chi connectivity index (χ4n) is 5.19. The van der Waals surface area contributed by atoms with Crippen molar-refractivity contribution in [2.75, 3.05) is 52.5 Å². The Bertz CT molecular complexity index is 736. The molecule has 1 aromatic rings. The van der Waals surface area contributed by atoms with Gasteiger partial charge in [-0.2, -0.15) is 0 Å². The molecule has 3 aliphatic heterocycles. The summed E-state index contributed by atoms with van der Waals surface area (Å²) < 4.78 is 7.57. The van der Waals surface area contributed by atoms with Crippen LogP contribution in [0.2, 0.25) is 0 Å². The Kier molecular flexibility index (Phi) is 8.37. The molecule has 0 amide bonds. The van der Waals surface area contributed by atoms with E-state index in [2.05, 4.69) is 37.6 Å². The minimum atomic E-state index is 0.462. The van der Waals surface area contributed by atoms with Crippen molar-refractivity contribution in [3.8, 4) is 0 Å². The summed E-state index contributed by atoms with van der Waals surface area (Å²) in [5, 5.41) is 15.8. The predicted octanol–water partition coefficient (Wildman–Crippen LogP) is 1.14. The smallest absolute Gasteiger partial charge is 0.191 e. The van der Waals surface area contributed by atoms with Crippen LogP contribution in [0.5, 0.6) is 0 Å². The van der Waals surface area contributed by atoms with Crippen molar-refractivity contribution in [2.45, 2.75) is 64.6 Å². The molecule has 1 aromatic heterocycles. The van der Waals surface area contributed by atoms with E-state index in [-0.39, 0.29) is 0 Å². The SMILES string of the molecule is CCN1CCCC1CNC(=NCc1nnc(C)n1C)NC1CCN(CC2CCOC2)CC1. The minimum absolute atomic E-state index is 0.462. The lowest BCUT2D eigenvalue weighted by Gasteiger charge is -2.34. The van der Waals surface area contributed by atoms with Gasteiger partial charge in [0.15, 0.2) is 11.8 Å². The summed E-state index contributed by atoms with van der Waals surface area (Å²) >= 11 is 0. The van der Waals surface area contributed by atoms with Crippen LogP contribution in [0, 0.1) is 12.8 Å². The van der Waals surface area contributed by atoms with Gasteiger partial charge in [-0.25, -0.2) is 4.99 Å². The molecule has 3 aliphatic rings. The van der Waals surface area contributed by atoms with E-state index in [1.165, 1.54) is 32.4 Å². The summed E-state index contributed by atoms with van der Waals surface area (Å²) in [7, 11) is 2.00. The summed E-state index contributed by atoms with van der Waals surface area (Å²) in [5.74, 6) is 3.45. The zero-order valence-electron chi connectivity index (χ0n) is 20.2. The van der Waals surface area contributed by atoms with Gasteiger partial charge in [-0.3, -0.25) is 4.90 Å². The Morgan fingerprint density at radius 2 is 2.00 bits per heavy atom. The van der Waals surface area contributed by atoms with E-state index in [1.807, 2.05) is 18.5 Å². The van der Waals surface area contributed by atoms with Crippen molar-refractivity contribution >= 4 is 5.96 Å². The lowest BCUT2D eigenvalue weighted by atomic mass is 10.0. The number of ether oxygens (including phenoxy) is 1. The van der Waals surface area contributed by atoms with Crippen molar-refractivity contribution in [1.29, 1.82) is 0 Å². The van der Waals surface area contributed by atoms with Crippen LogP contribution < -0.4 is 10.6 Å². The van der Waals surface area contributed by atoms with Crippen LogP contribution in [-0.4, -0.2) is 95.1 Å². The van der Waals surface area contributed by atoms with Gasteiger partial charge in [0.1, 0.15) is 12.4 Å². The third-order valence-corrected chi connectivity index (χ3v) is 7.44. The highest BCUT2D eigenvalue weighted by Gasteiger charge is 2.26. The molecule has 3 saturated heterocycles. The number of nitrogens with zero attached hydrogens (tertiary/aromatic N) is 6. The Morgan fingerprint density at radius 3 is 2.69 bits per heavy atom. The van der Waals surface area contributed by atoms with E-state index < -0.39 is 0 Å². The van der Waals surface area contributed by atoms with Crippen LogP contribution in [0.3, 0.4) is 0 Å². The quantitative estimate of drug-likeness (QED) is 0.458. The van der Waals surface area contributed by atoms with E-state index in [4.69, 9.17) is 9.73 Å². The predicted molar refractivity (Wildman–Crippen MR) is 127 cm³/mol. The van der Waals surface area contributed by atoms with Crippen LogP contribution in [0.4, 0.5) is 0 Å². The van der Waals surface area contributed by atoms with Gasteiger partial charge in [-0.1, -0.05) is 6.92 Å². The number of aryl methyl sites for hydroxylation is 1. The van der Waals surface area contributed by atoms with E-state index in [1.54, 1.807) is 0 Å². The van der Waals surface area contributed by atoms with Crippen LogP contribution in [0.15, 0.2) is 4.99 Å². The first-order valence-electron chi connectivity index (χ1n) is 12.6. The summed E-state index contributed by atoms with van der Waals surface area (Å²) in [6.07, 6.45) is 6.09. The molecular formula is C23H42N8O. The van der Waals surface area contributed by atoms with Gasteiger partial charge in [0.05, 0.1) is 6.61 Å². The molecule has 0 saturated carbocycles. The normalized spacial score (nSPS) is 26.2. The number of nitrogens with one attached hydrogen (secondary N) is 2. The van der Waals surface area contributed by atoms with Gasteiger partial charge in [0.2, 0.25) is 0 Å². The van der Waals surface area contributed by atoms with Crippen molar-refractivity contribution in [3.63, 3.8) is 0 Å². The van der Waals surface area contributed by atoms with Crippen molar-refractivity contribution in [3.05, 3.63) is 11.6 Å². The molecule has 2 unspecified atom stereocenters. The molecule has 0 bridgehead atoms. The Labute approximate surface area is 193 Å². The maximum Gasteiger partial charge on any atom is 0.191 e. The average Bonchev–Trinajstić information content (AvgIpc) is 3.55. The maximum absolute atomic E-state index is 5.55. The molecule has 2 N–H and O–H groups in total. The van der Waals surface area contributed by atoms with Crippen molar-refractivity contribution in [1.82, 2.24) is 35.2 Å². The number of likely N-dealkylation sites (tertiary alicyclic amines) is 2. The summed E-state index contributed by atoms with van der Waals surface area (Å²) in [6, 6.07) is 1.06. The Hall–Kier alpha value is -1.71. The van der Waals surface area contributed by atoms with Crippen molar-refractivity contribution < 1.29 is 4.74 Å². The number of likely N-dealkylation sites (N-methyl/N-ethyl adjacent to an activating group) is 1. The molecule has 0 aliphatic carbocycles. The zero-order chi connectivity index (χ0) is 22.3. The number of hydrogen-bond donors (Lipinski definition) is 2. The van der Waals surface area contributed by atoms with Gasteiger partial charge < -0.3 is 24.8 Å². The number of aliphatic imine (C=N–C) groups is 1. The molecule has 3 fully saturated rings. The number of piperidine rings is 1. The first-order chi connectivity index (χ1) is 15.6. The van der Waals surface area contributed by atoms with Gasteiger partial charge in [0, 0.05) is 51.9 Å². The second-order valence-corrected chi connectivity index (χ2v) is 9.64. The third-order valence-electron chi connectivity index (χ3n) is 7.44. The van der Waals surface area contributed by atoms with Gasteiger partial charge in [-0.15, -0.1) is 10.2 Å². The first-order valence-corrected chi connectivity index (χ1v) is 12.6. The van der Waals surface area contributed by atoms with Crippen LogP contribution in [0.25, 0.3) is 0 Å². The van der Waals surface area contributed by atoms with Crippen LogP contribution in [-0.2, 0) is 18.3 Å². The molecule has 4 rings (SSSR count). The lowest BCUT2D eigenvalue weighted by molar-refractivity contribution is 0.150. The largest absolute Gasteiger partial charge is 0.381 e. The highest BCUT2D eigenvalue weighted by Crippen LogP contribution is 2.18. The fraction of sp³-hybridized carbons (Fsp3) is 0.870.